The van der Waals surface area contributed by atoms with E-state index in [0.717, 1.165) is 12.8 Å². The molecule has 1 N–H and O–H groups in total. The number of rotatable bonds is 5. The summed E-state index contributed by atoms with van der Waals surface area (Å²) in [4.78, 5) is 27.5. The van der Waals surface area contributed by atoms with Gasteiger partial charge < -0.3 is 14.7 Å². The molecule has 1 aliphatic rings. The Bertz CT molecular complexity index is 339. The zero-order valence-corrected chi connectivity index (χ0v) is 10.7. The highest BCUT2D eigenvalue weighted by molar-refractivity contribution is 6.36. The van der Waals surface area contributed by atoms with Crippen molar-refractivity contribution in [3.8, 4) is 0 Å². The molecule has 0 saturated heterocycles. The summed E-state index contributed by atoms with van der Waals surface area (Å²) in [6.45, 7) is 2.03. The Kier molecular flexibility index (Phi) is 5.61. The molecule has 2 unspecified atom stereocenters. The van der Waals surface area contributed by atoms with E-state index in [1.165, 1.54) is 7.11 Å². The first-order valence-corrected chi connectivity index (χ1v) is 6.12. The van der Waals surface area contributed by atoms with E-state index in [1.54, 1.807) is 6.92 Å². The zero-order valence-electron chi connectivity index (χ0n) is 10.7. The normalized spacial score (nSPS) is 24.4. The quantitative estimate of drug-likeness (QED) is 0.457. The standard InChI is InChI=1S/C12H19NO5/c1-3-18-12(16)9-7-5-4-6-8(9)10(11(14)15)13-17-2/h8-9H,3-7H2,1-2H3,(H,14,15)/b13-10-. The van der Waals surface area contributed by atoms with Crippen LogP contribution in [0.4, 0.5) is 0 Å². The van der Waals surface area contributed by atoms with Gasteiger partial charge in [0.25, 0.3) is 0 Å². The number of carbonyl (C=O) groups is 2. The van der Waals surface area contributed by atoms with E-state index in [1.807, 2.05) is 0 Å². The van der Waals surface area contributed by atoms with Crippen LogP contribution in [-0.2, 0) is 19.2 Å². The topological polar surface area (TPSA) is 85.2 Å². The summed E-state index contributed by atoms with van der Waals surface area (Å²) in [5.41, 5.74) is -0.0877. The molecule has 1 rings (SSSR count). The summed E-state index contributed by atoms with van der Waals surface area (Å²) in [5, 5.41) is 12.7. The van der Waals surface area contributed by atoms with Gasteiger partial charge in [-0.05, 0) is 19.8 Å². The molecule has 0 heterocycles. The Balaban J connectivity index is 2.90. The van der Waals surface area contributed by atoms with Crippen molar-refractivity contribution in [3.05, 3.63) is 0 Å². The minimum Gasteiger partial charge on any atom is -0.477 e. The van der Waals surface area contributed by atoms with Crippen molar-refractivity contribution >= 4 is 17.7 Å². The molecular formula is C12H19NO5. The molecule has 0 amide bonds. The van der Waals surface area contributed by atoms with Gasteiger partial charge in [-0.25, -0.2) is 4.79 Å². The third-order valence-corrected chi connectivity index (χ3v) is 3.12. The van der Waals surface area contributed by atoms with E-state index in [2.05, 4.69) is 9.99 Å². The Morgan fingerprint density at radius 1 is 1.28 bits per heavy atom. The number of esters is 1. The molecule has 18 heavy (non-hydrogen) atoms. The summed E-state index contributed by atoms with van der Waals surface area (Å²) in [7, 11) is 1.30. The number of carbonyl (C=O) groups excluding carboxylic acids is 1. The van der Waals surface area contributed by atoms with Gasteiger partial charge in [0.05, 0.1) is 12.5 Å². The Labute approximate surface area is 106 Å². The average molecular weight is 257 g/mol. The van der Waals surface area contributed by atoms with Gasteiger partial charge in [-0.3, -0.25) is 4.79 Å². The second-order valence-corrected chi connectivity index (χ2v) is 4.21. The number of hydrogen-bond donors (Lipinski definition) is 1. The first-order valence-electron chi connectivity index (χ1n) is 6.12. The number of carboxylic acid groups (broad SMARTS) is 1. The first-order chi connectivity index (χ1) is 8.61. The van der Waals surface area contributed by atoms with Crippen LogP contribution in [0.3, 0.4) is 0 Å². The van der Waals surface area contributed by atoms with Gasteiger partial charge >= 0.3 is 11.9 Å². The van der Waals surface area contributed by atoms with Crippen molar-refractivity contribution in [1.82, 2.24) is 0 Å². The van der Waals surface area contributed by atoms with Crippen LogP contribution in [0.2, 0.25) is 0 Å². The average Bonchev–Trinajstić information content (AvgIpc) is 2.36. The lowest BCUT2D eigenvalue weighted by atomic mass is 9.76. The molecule has 0 spiro atoms. The fourth-order valence-electron chi connectivity index (χ4n) is 2.35. The number of nitrogens with zero attached hydrogens (tertiary/aromatic N) is 1. The van der Waals surface area contributed by atoms with Crippen molar-refractivity contribution in [2.24, 2.45) is 17.0 Å². The van der Waals surface area contributed by atoms with Crippen molar-refractivity contribution < 1.29 is 24.3 Å². The summed E-state index contributed by atoms with van der Waals surface area (Å²) < 4.78 is 4.99. The van der Waals surface area contributed by atoms with E-state index in [-0.39, 0.29) is 11.7 Å². The van der Waals surface area contributed by atoms with E-state index < -0.39 is 17.8 Å². The molecule has 0 aromatic rings. The molecule has 0 radical (unpaired) electrons. The summed E-state index contributed by atoms with van der Waals surface area (Å²) in [5.74, 6) is -2.33. The van der Waals surface area contributed by atoms with E-state index in [9.17, 15) is 9.59 Å². The van der Waals surface area contributed by atoms with Crippen LogP contribution in [0, 0.1) is 11.8 Å². The van der Waals surface area contributed by atoms with Gasteiger partial charge in [-0.2, -0.15) is 0 Å². The van der Waals surface area contributed by atoms with Crippen molar-refractivity contribution in [2.45, 2.75) is 32.6 Å². The maximum atomic E-state index is 11.8. The zero-order chi connectivity index (χ0) is 13.5. The fraction of sp³-hybridized carbons (Fsp3) is 0.750. The predicted octanol–water partition coefficient (Wildman–Crippen LogP) is 1.44. The molecule has 2 atom stereocenters. The highest BCUT2D eigenvalue weighted by atomic mass is 16.6. The van der Waals surface area contributed by atoms with Crippen LogP contribution < -0.4 is 0 Å². The van der Waals surface area contributed by atoms with E-state index >= 15 is 0 Å². The van der Waals surface area contributed by atoms with Gasteiger partial charge in [0, 0.05) is 5.92 Å². The SMILES string of the molecule is CCOC(=O)C1CCCCC1/C(=N/OC)C(=O)O. The van der Waals surface area contributed by atoms with Gasteiger partial charge in [0.1, 0.15) is 7.11 Å². The van der Waals surface area contributed by atoms with Gasteiger partial charge in [0.2, 0.25) is 0 Å². The number of hydrogen-bond acceptors (Lipinski definition) is 5. The van der Waals surface area contributed by atoms with Crippen LogP contribution >= 0.6 is 0 Å². The van der Waals surface area contributed by atoms with Crippen LogP contribution in [0.5, 0.6) is 0 Å². The molecule has 0 aliphatic heterocycles. The highest BCUT2D eigenvalue weighted by Gasteiger charge is 2.38. The van der Waals surface area contributed by atoms with Crippen molar-refractivity contribution in [1.29, 1.82) is 0 Å². The highest BCUT2D eigenvalue weighted by Crippen LogP contribution is 2.32. The van der Waals surface area contributed by atoms with E-state index in [4.69, 9.17) is 9.84 Å². The van der Waals surface area contributed by atoms with Crippen LogP contribution in [0.25, 0.3) is 0 Å². The molecule has 102 valence electrons. The smallest absolute Gasteiger partial charge is 0.353 e. The maximum Gasteiger partial charge on any atom is 0.353 e. The number of oxime groups is 1. The number of ether oxygens (including phenoxy) is 1. The van der Waals surface area contributed by atoms with Crippen LogP contribution in [-0.4, -0.2) is 36.5 Å². The Hall–Kier alpha value is -1.59. The lowest BCUT2D eigenvalue weighted by molar-refractivity contribution is -0.150. The number of aliphatic carboxylic acids is 1. The largest absolute Gasteiger partial charge is 0.477 e. The van der Waals surface area contributed by atoms with Gasteiger partial charge in [-0.15, -0.1) is 0 Å². The van der Waals surface area contributed by atoms with Crippen LogP contribution in [0.1, 0.15) is 32.6 Å². The summed E-state index contributed by atoms with van der Waals surface area (Å²) in [6.07, 6.45) is 3.05. The van der Waals surface area contributed by atoms with Crippen molar-refractivity contribution in [2.75, 3.05) is 13.7 Å². The fourth-order valence-corrected chi connectivity index (χ4v) is 2.35. The second-order valence-electron chi connectivity index (χ2n) is 4.21. The molecule has 0 aromatic carbocycles. The molecule has 6 nitrogen and oxygen atoms in total. The number of carboxylic acids is 1. The molecule has 1 fully saturated rings. The molecule has 0 aromatic heterocycles. The third-order valence-electron chi connectivity index (χ3n) is 3.12. The lowest BCUT2D eigenvalue weighted by Crippen LogP contribution is -2.37. The molecule has 1 saturated carbocycles. The van der Waals surface area contributed by atoms with E-state index in [0.29, 0.717) is 19.4 Å². The lowest BCUT2D eigenvalue weighted by Gasteiger charge is -2.28. The Morgan fingerprint density at radius 2 is 1.89 bits per heavy atom. The minimum absolute atomic E-state index is 0.0877. The molecule has 0 bridgehead atoms. The predicted molar refractivity (Wildman–Crippen MR) is 64.2 cm³/mol. The first kappa shape index (κ1) is 14.5. The maximum absolute atomic E-state index is 11.8. The summed E-state index contributed by atoms with van der Waals surface area (Å²) in [6, 6.07) is 0. The van der Waals surface area contributed by atoms with Gasteiger partial charge in [0.15, 0.2) is 5.71 Å². The summed E-state index contributed by atoms with van der Waals surface area (Å²) >= 11 is 0. The third kappa shape index (κ3) is 3.45. The van der Waals surface area contributed by atoms with Crippen molar-refractivity contribution in [3.63, 3.8) is 0 Å². The van der Waals surface area contributed by atoms with Crippen LogP contribution in [0.15, 0.2) is 5.16 Å². The molecular weight excluding hydrogens is 238 g/mol. The monoisotopic (exact) mass is 257 g/mol. The second kappa shape index (κ2) is 6.98. The minimum atomic E-state index is -1.14. The molecule has 1 aliphatic carbocycles. The van der Waals surface area contributed by atoms with Gasteiger partial charge in [-0.1, -0.05) is 18.0 Å². The molecule has 6 heteroatoms. The Morgan fingerprint density at radius 3 is 2.39 bits per heavy atom.